The van der Waals surface area contributed by atoms with Crippen LogP contribution in [0.25, 0.3) is 11.3 Å². The summed E-state index contributed by atoms with van der Waals surface area (Å²) in [6, 6.07) is 19.9. The Balaban J connectivity index is 1.46. The summed E-state index contributed by atoms with van der Waals surface area (Å²) < 4.78 is 6.46. The van der Waals surface area contributed by atoms with Crippen LogP contribution in [0.5, 0.6) is 5.75 Å². The molecular weight excluding hydrogens is 659 g/mol. The third-order valence-electron chi connectivity index (χ3n) is 7.01. The zero-order valence-corrected chi connectivity index (χ0v) is 24.9. The van der Waals surface area contributed by atoms with Crippen molar-refractivity contribution in [2.45, 2.75) is 31.0 Å². The van der Waals surface area contributed by atoms with Crippen molar-refractivity contribution in [2.24, 2.45) is 0 Å². The number of urea groups is 1. The fourth-order valence-corrected chi connectivity index (χ4v) is 5.80. The fourth-order valence-electron chi connectivity index (χ4n) is 4.84. The Labute approximate surface area is 255 Å². The van der Waals surface area contributed by atoms with Gasteiger partial charge in [-0.15, -0.1) is 0 Å². The number of nitrogens with zero attached hydrogens (tertiary/aromatic N) is 2. The Morgan fingerprint density at radius 3 is 2.51 bits per heavy atom. The molecule has 1 aromatic heterocycles. The van der Waals surface area contributed by atoms with Crippen molar-refractivity contribution in [2.75, 3.05) is 13.2 Å². The molecule has 11 heteroatoms. The molecule has 1 aliphatic rings. The number of aromatic nitrogens is 2. The first-order valence-electron chi connectivity index (χ1n) is 13.0. The summed E-state index contributed by atoms with van der Waals surface area (Å²) in [5.74, 6) is 0.228. The third kappa shape index (κ3) is 6.25. The number of H-pyrrole nitrogens is 1. The molecule has 41 heavy (non-hydrogen) atoms. The minimum Gasteiger partial charge on any atom is -0.491 e. The van der Waals surface area contributed by atoms with Gasteiger partial charge in [0.15, 0.2) is 0 Å². The van der Waals surface area contributed by atoms with Gasteiger partial charge >= 0.3 is 6.03 Å². The summed E-state index contributed by atoms with van der Waals surface area (Å²) in [6.07, 6.45) is 0.669. The number of hydrogen-bond donors (Lipinski definition) is 4. The number of imide groups is 1. The van der Waals surface area contributed by atoms with E-state index in [0.29, 0.717) is 27.9 Å². The molecule has 2 heterocycles. The average Bonchev–Trinajstić information content (AvgIpc) is 3.57. The number of aliphatic hydroxyl groups is 2. The largest absolute Gasteiger partial charge is 0.491 e. The van der Waals surface area contributed by atoms with Crippen LogP contribution >= 0.6 is 34.2 Å². The first-order chi connectivity index (χ1) is 19.8. The van der Waals surface area contributed by atoms with E-state index in [1.54, 1.807) is 30.5 Å². The molecule has 1 saturated heterocycles. The van der Waals surface area contributed by atoms with Crippen LogP contribution in [-0.2, 0) is 4.79 Å². The fraction of sp³-hybridized carbons (Fsp3) is 0.233. The predicted octanol–water partition coefficient (Wildman–Crippen LogP) is 5.20. The van der Waals surface area contributed by atoms with E-state index in [4.69, 9.17) is 21.4 Å². The van der Waals surface area contributed by atoms with Gasteiger partial charge in [0.25, 0.3) is 5.91 Å². The number of carbonyl (C=O) groups excluding carboxylic acids is 2. The van der Waals surface area contributed by atoms with Crippen LogP contribution in [0.1, 0.15) is 41.9 Å². The third-order valence-corrected chi connectivity index (χ3v) is 8.00. The second kappa shape index (κ2) is 12.6. The quantitative estimate of drug-likeness (QED) is 0.134. The number of ether oxygens (including phenoxy) is 1. The summed E-state index contributed by atoms with van der Waals surface area (Å²) in [6.45, 7) is 1.48. The molecule has 212 valence electrons. The van der Waals surface area contributed by atoms with Crippen molar-refractivity contribution in [3.8, 4) is 17.0 Å². The summed E-state index contributed by atoms with van der Waals surface area (Å²) in [7, 11) is 0. The topological polar surface area (TPSA) is 128 Å². The second-order valence-corrected chi connectivity index (χ2v) is 11.4. The number of halogens is 2. The number of hydrogen-bond acceptors (Lipinski definition) is 6. The van der Waals surface area contributed by atoms with Crippen LogP contribution in [0, 0.1) is 3.57 Å². The number of benzene rings is 3. The molecule has 1 aliphatic heterocycles. The van der Waals surface area contributed by atoms with E-state index >= 15 is 0 Å². The molecule has 0 unspecified atom stereocenters. The molecule has 0 radical (unpaired) electrons. The zero-order chi connectivity index (χ0) is 29.1. The maximum Gasteiger partial charge on any atom is 0.325 e. The van der Waals surface area contributed by atoms with Gasteiger partial charge in [-0.05, 0) is 58.0 Å². The number of aromatic amines is 1. The van der Waals surface area contributed by atoms with Crippen LogP contribution in [0.3, 0.4) is 0 Å². The van der Waals surface area contributed by atoms with E-state index in [0.717, 1.165) is 14.7 Å². The lowest BCUT2D eigenvalue weighted by Gasteiger charge is -2.29. The van der Waals surface area contributed by atoms with E-state index < -0.39 is 36.7 Å². The van der Waals surface area contributed by atoms with Crippen molar-refractivity contribution in [1.82, 2.24) is 20.2 Å². The van der Waals surface area contributed by atoms with Gasteiger partial charge in [-0.1, -0.05) is 67.1 Å². The molecule has 9 nitrogen and oxygen atoms in total. The highest BCUT2D eigenvalue weighted by atomic mass is 127. The van der Waals surface area contributed by atoms with Crippen LogP contribution in [0.4, 0.5) is 4.79 Å². The van der Waals surface area contributed by atoms with Crippen LogP contribution in [0.2, 0.25) is 5.02 Å². The van der Waals surface area contributed by atoms with Gasteiger partial charge < -0.3 is 25.3 Å². The number of imidazole rings is 1. The van der Waals surface area contributed by atoms with Crippen molar-refractivity contribution < 1.29 is 24.5 Å². The second-order valence-electron chi connectivity index (χ2n) is 9.76. The normalized spacial score (nSPS) is 17.3. The lowest BCUT2D eigenvalue weighted by atomic mass is 9.91. The van der Waals surface area contributed by atoms with Crippen LogP contribution in [-0.4, -0.2) is 56.3 Å². The van der Waals surface area contributed by atoms with Crippen LogP contribution < -0.4 is 10.1 Å². The highest BCUT2D eigenvalue weighted by Crippen LogP contribution is 2.40. The Morgan fingerprint density at radius 2 is 1.83 bits per heavy atom. The Kier molecular flexibility index (Phi) is 8.93. The number of amides is 3. The first kappa shape index (κ1) is 29.1. The lowest BCUT2D eigenvalue weighted by Crippen LogP contribution is -2.38. The molecule has 1 fully saturated rings. The molecule has 0 saturated carbocycles. The smallest absolute Gasteiger partial charge is 0.325 e. The minimum atomic E-state index is -0.994. The number of nitrogens with one attached hydrogen (secondary N) is 2. The minimum absolute atomic E-state index is 0.0691. The molecule has 5 rings (SSSR count). The van der Waals surface area contributed by atoms with Gasteiger partial charge in [0.1, 0.15) is 36.4 Å². The van der Waals surface area contributed by atoms with Gasteiger partial charge in [-0.25, -0.2) is 9.78 Å². The summed E-state index contributed by atoms with van der Waals surface area (Å²) in [5, 5.41) is 21.9. The Morgan fingerprint density at radius 1 is 1.10 bits per heavy atom. The molecule has 3 amide bonds. The maximum atomic E-state index is 13.9. The van der Waals surface area contributed by atoms with Gasteiger partial charge in [0, 0.05) is 15.1 Å². The molecule has 0 spiro atoms. The van der Waals surface area contributed by atoms with Gasteiger partial charge in [-0.3, -0.25) is 9.69 Å². The molecule has 3 aromatic carbocycles. The Hall–Kier alpha value is -3.45. The lowest BCUT2D eigenvalue weighted by molar-refractivity contribution is -0.129. The van der Waals surface area contributed by atoms with E-state index in [9.17, 15) is 14.7 Å². The monoisotopic (exact) mass is 686 g/mol. The maximum absolute atomic E-state index is 13.9. The zero-order valence-electron chi connectivity index (χ0n) is 22.0. The highest BCUT2D eigenvalue weighted by Gasteiger charge is 2.46. The predicted molar refractivity (Wildman–Crippen MR) is 162 cm³/mol. The molecule has 4 aromatic rings. The van der Waals surface area contributed by atoms with E-state index in [2.05, 4.69) is 37.9 Å². The summed E-state index contributed by atoms with van der Waals surface area (Å²) >= 11 is 8.71. The van der Waals surface area contributed by atoms with E-state index in [1.807, 2.05) is 55.5 Å². The first-order valence-corrected chi connectivity index (χ1v) is 14.4. The molecule has 0 bridgehead atoms. The molecule has 4 atom stereocenters. The number of carbonyl (C=O) groups is 2. The summed E-state index contributed by atoms with van der Waals surface area (Å²) in [5.41, 5.74) is 2.97. The van der Waals surface area contributed by atoms with Crippen LogP contribution in [0.15, 0.2) is 79.0 Å². The van der Waals surface area contributed by atoms with E-state index in [1.165, 1.54) is 4.90 Å². The van der Waals surface area contributed by atoms with E-state index in [-0.39, 0.29) is 12.5 Å². The van der Waals surface area contributed by atoms with Crippen molar-refractivity contribution in [3.05, 3.63) is 105 Å². The SMILES string of the molecule is C[C@@H](c1ccccc1)[C@@H](c1ncc(-c2ccc(I)cc2Cl)[nH]1)N1C(=O)N[C@H](c2ccc(OC[C@H](O)CO)cc2)C1=O. The number of aliphatic hydroxyl groups excluding tert-OH is 2. The molecule has 4 N–H and O–H groups in total. The molecule has 0 aliphatic carbocycles. The highest BCUT2D eigenvalue weighted by molar-refractivity contribution is 14.1. The standard InChI is InChI=1S/C30H28ClIN4O5/c1-17(18-5-3-2-4-6-18)27(28-33-14-25(34-28)23-12-9-20(32)13-24(23)31)36-29(39)26(35-30(36)40)19-7-10-22(11-8-19)41-16-21(38)15-37/h2-14,17,21,26-27,37-38H,15-16H2,1H3,(H,33,34)(H,35,40)/t17-,21+,26+,27-/m0/s1. The van der Waals surface area contributed by atoms with Gasteiger partial charge in [0.05, 0.1) is 23.5 Å². The summed E-state index contributed by atoms with van der Waals surface area (Å²) in [4.78, 5) is 36.5. The Bertz CT molecular complexity index is 1530. The number of rotatable bonds is 10. The van der Waals surface area contributed by atoms with Crippen molar-refractivity contribution >= 4 is 46.1 Å². The van der Waals surface area contributed by atoms with Gasteiger partial charge in [-0.2, -0.15) is 0 Å². The molecular formula is C30H28ClIN4O5. The van der Waals surface area contributed by atoms with Gasteiger partial charge in [0.2, 0.25) is 0 Å². The van der Waals surface area contributed by atoms with Crippen molar-refractivity contribution in [3.63, 3.8) is 0 Å². The average molecular weight is 687 g/mol. The van der Waals surface area contributed by atoms with Crippen molar-refractivity contribution in [1.29, 1.82) is 0 Å².